The monoisotopic (exact) mass is 809 g/mol. The van der Waals surface area contributed by atoms with Gasteiger partial charge >= 0.3 is 0 Å². The number of benzene rings is 3. The van der Waals surface area contributed by atoms with Crippen molar-refractivity contribution in [2.24, 2.45) is 0 Å². The minimum absolute atomic E-state index is 0. The smallest absolute Gasteiger partial charge is 0.155 e. The fourth-order valence-electron chi connectivity index (χ4n) is 5.91. The van der Waals surface area contributed by atoms with Crippen molar-refractivity contribution in [1.82, 2.24) is 29.2 Å². The van der Waals surface area contributed by atoms with Gasteiger partial charge in [0.25, 0.3) is 0 Å². The van der Waals surface area contributed by atoms with Crippen molar-refractivity contribution in [2.45, 2.75) is 26.6 Å². The molecule has 1 saturated heterocycles. The van der Waals surface area contributed by atoms with Crippen LogP contribution in [0.1, 0.15) is 22.3 Å². The molecule has 44 heavy (non-hydrogen) atoms. The maximum Gasteiger partial charge on any atom is 0.155 e. The van der Waals surface area contributed by atoms with Gasteiger partial charge in [0.05, 0.1) is 11.4 Å². The standard InChI is InChI=1S/C32H31IN7S.CH4S.Y/c1-22-27(7-4-8-29(22)37-39-19-25-5-2-3-6-26(25)20-39)31-28-17-30(40(41-33)32(28)36-21-35-31)24-11-9-23(10-12-24)18-38-15-13-34-14-16-38;1-2;/h2-12,17,21,34H,13-16,18-20H2,1H3;2H,1H3;/q-1;;. The first-order valence-electron chi connectivity index (χ1n) is 14.4. The summed E-state index contributed by atoms with van der Waals surface area (Å²) in [6.07, 6.45) is 3.38. The third-order valence-corrected chi connectivity index (χ3v) is 9.81. The average Bonchev–Trinajstić information content (AvgIpc) is 3.65. The molecule has 0 saturated carbocycles. The van der Waals surface area contributed by atoms with E-state index in [4.69, 9.17) is 15.4 Å². The largest absolute Gasteiger partial charge is 0.619 e. The molecule has 11 heteroatoms. The summed E-state index contributed by atoms with van der Waals surface area (Å²) in [4.78, 5) is 12.0. The molecule has 7 nitrogen and oxygen atoms in total. The van der Waals surface area contributed by atoms with E-state index in [-0.39, 0.29) is 32.7 Å². The molecule has 2 aliphatic heterocycles. The van der Waals surface area contributed by atoms with Crippen LogP contribution in [-0.4, -0.2) is 56.3 Å². The number of rotatable bonds is 7. The Kier molecular flexibility index (Phi) is 12.2. The van der Waals surface area contributed by atoms with Crippen molar-refractivity contribution in [3.8, 4) is 22.5 Å². The number of nitrogens with one attached hydrogen (secondary N) is 1. The predicted molar refractivity (Wildman–Crippen MR) is 192 cm³/mol. The molecule has 0 atom stereocenters. The number of hydrogen-bond acceptors (Lipinski definition) is 7. The summed E-state index contributed by atoms with van der Waals surface area (Å²) in [5, 5.41) is 6.63. The molecule has 0 aliphatic carbocycles. The molecule has 1 radical (unpaired) electrons. The molecule has 0 bridgehead atoms. The van der Waals surface area contributed by atoms with E-state index in [0.29, 0.717) is 0 Å². The van der Waals surface area contributed by atoms with Gasteiger partial charge in [0.2, 0.25) is 0 Å². The van der Waals surface area contributed by atoms with E-state index in [9.17, 15) is 0 Å². The van der Waals surface area contributed by atoms with Crippen molar-refractivity contribution < 1.29 is 32.7 Å². The number of hydrogen-bond donors (Lipinski definition) is 2. The maximum atomic E-state index is 5.05. The predicted octanol–water partition coefficient (Wildman–Crippen LogP) is 7.80. The number of piperazine rings is 1. The van der Waals surface area contributed by atoms with Gasteiger partial charge in [-0.25, -0.2) is 9.97 Å². The summed E-state index contributed by atoms with van der Waals surface area (Å²) in [7, 11) is 1.64. The zero-order valence-electron chi connectivity index (χ0n) is 24.9. The Morgan fingerprint density at radius 3 is 2.32 bits per heavy atom. The number of nitrogens with zero attached hydrogens (tertiary/aromatic N) is 6. The van der Waals surface area contributed by atoms with Crippen molar-refractivity contribution in [1.29, 1.82) is 0 Å². The van der Waals surface area contributed by atoms with E-state index in [1.807, 2.05) is 0 Å². The van der Waals surface area contributed by atoms with Crippen molar-refractivity contribution in [3.05, 3.63) is 107 Å². The Labute approximate surface area is 307 Å². The van der Waals surface area contributed by atoms with Crippen molar-refractivity contribution >= 4 is 59.7 Å². The van der Waals surface area contributed by atoms with Gasteiger partial charge in [-0.15, -0.1) is 5.69 Å². The average molecular weight is 810 g/mol. The van der Waals surface area contributed by atoms with Crippen molar-refractivity contribution in [3.63, 3.8) is 0 Å². The van der Waals surface area contributed by atoms with E-state index in [0.717, 1.165) is 85.0 Å². The quantitative estimate of drug-likeness (QED) is 0.129. The first-order valence-corrected chi connectivity index (χ1v) is 18.6. The fraction of sp³-hybridized carbons (Fsp3) is 0.273. The van der Waals surface area contributed by atoms with E-state index in [2.05, 4.69) is 133 Å². The number of thiol groups is 1. The summed E-state index contributed by atoms with van der Waals surface area (Å²) in [5.74, 6) is 0. The second kappa shape index (κ2) is 15.9. The summed E-state index contributed by atoms with van der Waals surface area (Å²) in [5.41, 5.74) is 16.4. The van der Waals surface area contributed by atoms with Crippen LogP contribution in [0, 0.1) is 6.92 Å². The van der Waals surface area contributed by atoms with Gasteiger partial charge in [0.15, 0.2) is 5.65 Å². The van der Waals surface area contributed by atoms with Gasteiger partial charge in [0.1, 0.15) is 6.33 Å². The zero-order valence-corrected chi connectivity index (χ0v) is 31.7. The minimum atomic E-state index is 0. The minimum Gasteiger partial charge on any atom is -0.619 e. The van der Waals surface area contributed by atoms with Crippen LogP contribution in [0.25, 0.3) is 39.0 Å². The van der Waals surface area contributed by atoms with Crippen LogP contribution in [0.2, 0.25) is 0 Å². The van der Waals surface area contributed by atoms with Gasteiger partial charge in [-0.05, 0) is 41.5 Å². The maximum absolute atomic E-state index is 5.05. The second-order valence-corrected chi connectivity index (χ2v) is 12.4. The van der Waals surface area contributed by atoms with Crippen LogP contribution in [0.3, 0.4) is 0 Å². The molecule has 0 amide bonds. The summed E-state index contributed by atoms with van der Waals surface area (Å²) in [6.45, 7) is 9.15. The first kappa shape index (κ1) is 33.8. The SMILES string of the molecule is CS.Cc1c([N-]N2Cc3ccccc3C2)cccc1-c1ncnc2c1cc(-c1ccc(CN3CCNCC3)cc1)n2SI.[Y]. The van der Waals surface area contributed by atoms with Gasteiger partial charge < -0.3 is 15.8 Å². The van der Waals surface area contributed by atoms with Gasteiger partial charge in [-0.1, -0.05) is 72.3 Å². The summed E-state index contributed by atoms with van der Waals surface area (Å²) < 4.78 is 2.21. The molecule has 0 spiro atoms. The molecule has 2 aliphatic rings. The van der Waals surface area contributed by atoms with Crippen LogP contribution in [0.5, 0.6) is 0 Å². The molecule has 7 rings (SSSR count). The van der Waals surface area contributed by atoms with E-state index in [1.54, 1.807) is 21.7 Å². The first-order chi connectivity index (χ1) is 21.2. The molecule has 0 unspecified atom stereocenters. The number of aromatic nitrogens is 3. The number of halogens is 1. The molecule has 4 heterocycles. The molecule has 5 aromatic rings. The van der Waals surface area contributed by atoms with Gasteiger partial charge in [0, 0.05) is 120 Å². The fourth-order valence-corrected chi connectivity index (χ4v) is 7.55. The summed E-state index contributed by atoms with van der Waals surface area (Å²) >= 11 is 5.87. The van der Waals surface area contributed by atoms with Crippen LogP contribution >= 0.6 is 43.0 Å². The van der Waals surface area contributed by atoms with E-state index in [1.165, 1.54) is 22.3 Å². The Morgan fingerprint density at radius 2 is 1.64 bits per heavy atom. The Morgan fingerprint density at radius 1 is 0.932 bits per heavy atom. The van der Waals surface area contributed by atoms with E-state index >= 15 is 0 Å². The summed E-state index contributed by atoms with van der Waals surface area (Å²) in [6, 6.07) is 26.1. The molecule has 1 fully saturated rings. The topological polar surface area (TPSA) is 63.3 Å². The normalized spacial score (nSPS) is 14.9. The molecule has 2 aromatic heterocycles. The molecule has 1 N–H and O–H groups in total. The van der Waals surface area contributed by atoms with Crippen LogP contribution in [0.15, 0.2) is 79.1 Å². The van der Waals surface area contributed by atoms with E-state index < -0.39 is 0 Å². The van der Waals surface area contributed by atoms with Gasteiger partial charge in [-0.3, -0.25) is 8.87 Å². The number of fused-ring (bicyclic) bond motifs is 2. The molecule has 3 aromatic carbocycles. The van der Waals surface area contributed by atoms with Crippen LogP contribution in [0.4, 0.5) is 5.69 Å². The third-order valence-electron chi connectivity index (χ3n) is 8.12. The van der Waals surface area contributed by atoms with Crippen molar-refractivity contribution in [2.75, 3.05) is 32.4 Å². The molecular formula is C33H35IN7S2Y-. The van der Waals surface area contributed by atoms with Crippen LogP contribution in [-0.2, 0) is 52.3 Å². The molecular weight excluding hydrogens is 774 g/mol. The van der Waals surface area contributed by atoms with Gasteiger partial charge in [-0.2, -0.15) is 12.6 Å². The second-order valence-electron chi connectivity index (χ2n) is 10.7. The molecule has 225 valence electrons. The van der Waals surface area contributed by atoms with Crippen LogP contribution < -0.4 is 5.32 Å². The Bertz CT molecular complexity index is 1680. The Balaban J connectivity index is 0.00000126. The third kappa shape index (κ3) is 7.23. The Hall–Kier alpha value is -1.51. The zero-order chi connectivity index (χ0) is 29.8.